The number of aryl methyl sites for hydroxylation is 1. The highest BCUT2D eigenvalue weighted by Gasteiger charge is 2.30. The fraction of sp³-hybridized carbons (Fsp3) is 0.409. The maximum atomic E-state index is 13.2. The summed E-state index contributed by atoms with van der Waals surface area (Å²) in [6.45, 7) is 2.88. The van der Waals surface area contributed by atoms with Gasteiger partial charge in [-0.2, -0.15) is 4.31 Å². The first-order valence-corrected chi connectivity index (χ1v) is 11.6. The number of para-hydroxylation sites is 1. The zero-order valence-corrected chi connectivity index (χ0v) is 17.4. The minimum Gasteiger partial charge on any atom is -0.480 e. The van der Waals surface area contributed by atoms with Gasteiger partial charge in [0.2, 0.25) is 10.0 Å². The third-order valence-electron chi connectivity index (χ3n) is 5.58. The molecule has 1 fully saturated rings. The van der Waals surface area contributed by atoms with Crippen LogP contribution in [0.25, 0.3) is 0 Å². The van der Waals surface area contributed by atoms with E-state index in [-0.39, 0.29) is 10.8 Å². The molecule has 0 radical (unpaired) electrons. The van der Waals surface area contributed by atoms with E-state index in [0.717, 1.165) is 37.0 Å². The van der Waals surface area contributed by atoms with Gasteiger partial charge in [0.05, 0.1) is 4.90 Å². The van der Waals surface area contributed by atoms with E-state index in [2.05, 4.69) is 5.32 Å². The van der Waals surface area contributed by atoms with Crippen molar-refractivity contribution in [3.8, 4) is 5.75 Å². The molecule has 0 saturated carbocycles. The maximum absolute atomic E-state index is 13.2. The molecule has 2 aliphatic rings. The lowest BCUT2D eigenvalue weighted by Crippen LogP contribution is -2.33. The van der Waals surface area contributed by atoms with Crippen molar-refractivity contribution in [3.05, 3.63) is 53.6 Å². The monoisotopic (exact) mass is 414 g/mol. The number of carbonyl (C=O) groups is 1. The first-order chi connectivity index (χ1) is 13.9. The summed E-state index contributed by atoms with van der Waals surface area (Å²) in [5, 5.41) is 2.83. The van der Waals surface area contributed by atoms with Crippen LogP contribution in [-0.2, 0) is 21.2 Å². The minimum atomic E-state index is -3.59. The highest BCUT2D eigenvalue weighted by atomic mass is 32.2. The van der Waals surface area contributed by atoms with Crippen LogP contribution in [0.1, 0.15) is 36.8 Å². The molecule has 4 rings (SSSR count). The Morgan fingerprint density at radius 3 is 2.52 bits per heavy atom. The number of amides is 1. The quantitative estimate of drug-likeness (QED) is 0.831. The van der Waals surface area contributed by atoms with E-state index in [4.69, 9.17) is 4.74 Å². The van der Waals surface area contributed by atoms with Crippen LogP contribution in [0.5, 0.6) is 5.75 Å². The normalized spacial score (nSPS) is 19.8. The molecule has 1 amide bonds. The Labute approximate surface area is 171 Å². The van der Waals surface area contributed by atoms with E-state index in [9.17, 15) is 13.2 Å². The SMILES string of the molecule is Cc1ccc(NC(=O)[C@H]2Cc3ccccc3O2)cc1S(=O)(=O)N1CCCCCC1. The van der Waals surface area contributed by atoms with Crippen molar-refractivity contribution in [2.75, 3.05) is 18.4 Å². The van der Waals surface area contributed by atoms with Gasteiger partial charge in [0.15, 0.2) is 6.10 Å². The summed E-state index contributed by atoms with van der Waals surface area (Å²) in [5.41, 5.74) is 2.14. The second kappa shape index (κ2) is 8.16. The van der Waals surface area contributed by atoms with Crippen molar-refractivity contribution in [2.24, 2.45) is 0 Å². The summed E-state index contributed by atoms with van der Waals surface area (Å²) in [6.07, 6.45) is 3.78. The Kier molecular flexibility index (Phi) is 5.61. The summed E-state index contributed by atoms with van der Waals surface area (Å²) in [5.74, 6) is 0.448. The van der Waals surface area contributed by atoms with Gasteiger partial charge in [-0.1, -0.05) is 37.1 Å². The Balaban J connectivity index is 1.52. The Hall–Kier alpha value is -2.38. The molecule has 0 unspecified atom stereocenters. The lowest BCUT2D eigenvalue weighted by Gasteiger charge is -2.21. The second-order valence-corrected chi connectivity index (χ2v) is 9.61. The third-order valence-corrected chi connectivity index (χ3v) is 7.62. The van der Waals surface area contributed by atoms with Gasteiger partial charge in [-0.15, -0.1) is 0 Å². The van der Waals surface area contributed by atoms with Gasteiger partial charge in [0, 0.05) is 25.2 Å². The molecular weight excluding hydrogens is 388 g/mol. The van der Waals surface area contributed by atoms with E-state index < -0.39 is 16.1 Å². The molecule has 7 heteroatoms. The Morgan fingerprint density at radius 1 is 1.07 bits per heavy atom. The molecule has 1 saturated heterocycles. The lowest BCUT2D eigenvalue weighted by atomic mass is 10.1. The highest BCUT2D eigenvalue weighted by molar-refractivity contribution is 7.89. The lowest BCUT2D eigenvalue weighted by molar-refractivity contribution is -0.122. The van der Waals surface area contributed by atoms with Crippen molar-refractivity contribution in [1.82, 2.24) is 4.31 Å². The van der Waals surface area contributed by atoms with Gasteiger partial charge < -0.3 is 10.1 Å². The van der Waals surface area contributed by atoms with Crippen LogP contribution in [-0.4, -0.2) is 37.8 Å². The Bertz CT molecular complexity index is 986. The van der Waals surface area contributed by atoms with Crippen LogP contribution in [0, 0.1) is 6.92 Å². The second-order valence-electron chi connectivity index (χ2n) is 7.71. The predicted octanol–water partition coefficient (Wildman–Crippen LogP) is 3.50. The summed E-state index contributed by atoms with van der Waals surface area (Å²) in [7, 11) is -3.59. The first kappa shape index (κ1) is 19.9. The number of nitrogens with zero attached hydrogens (tertiary/aromatic N) is 1. The fourth-order valence-corrected chi connectivity index (χ4v) is 5.70. The zero-order chi connectivity index (χ0) is 20.4. The molecule has 2 aromatic carbocycles. The molecule has 0 bridgehead atoms. The van der Waals surface area contributed by atoms with Crippen LogP contribution in [0.15, 0.2) is 47.4 Å². The number of anilines is 1. The van der Waals surface area contributed by atoms with Gasteiger partial charge >= 0.3 is 0 Å². The summed E-state index contributed by atoms with van der Waals surface area (Å²) in [6, 6.07) is 12.6. The summed E-state index contributed by atoms with van der Waals surface area (Å²) < 4.78 is 33.7. The zero-order valence-electron chi connectivity index (χ0n) is 16.6. The number of hydrogen-bond donors (Lipinski definition) is 1. The van der Waals surface area contributed by atoms with Crippen LogP contribution in [0.4, 0.5) is 5.69 Å². The van der Waals surface area contributed by atoms with E-state index in [1.807, 2.05) is 24.3 Å². The number of rotatable bonds is 4. The van der Waals surface area contributed by atoms with E-state index in [0.29, 0.717) is 30.8 Å². The molecular formula is C22H26N2O4S. The van der Waals surface area contributed by atoms with E-state index >= 15 is 0 Å². The molecule has 0 aromatic heterocycles. The number of ether oxygens (including phenoxy) is 1. The molecule has 2 heterocycles. The van der Waals surface area contributed by atoms with Crippen molar-refractivity contribution < 1.29 is 17.9 Å². The molecule has 2 aromatic rings. The summed E-state index contributed by atoms with van der Waals surface area (Å²) in [4.78, 5) is 12.9. The van der Waals surface area contributed by atoms with Gasteiger partial charge in [-0.05, 0) is 49.1 Å². The predicted molar refractivity (Wildman–Crippen MR) is 112 cm³/mol. The van der Waals surface area contributed by atoms with Crippen molar-refractivity contribution in [2.45, 2.75) is 50.0 Å². The number of hydrogen-bond acceptors (Lipinski definition) is 4. The van der Waals surface area contributed by atoms with Crippen molar-refractivity contribution in [1.29, 1.82) is 0 Å². The molecule has 1 atom stereocenters. The molecule has 1 N–H and O–H groups in total. The van der Waals surface area contributed by atoms with Crippen LogP contribution >= 0.6 is 0 Å². The third kappa shape index (κ3) is 4.16. The number of carbonyl (C=O) groups excluding carboxylic acids is 1. The highest BCUT2D eigenvalue weighted by Crippen LogP contribution is 2.30. The van der Waals surface area contributed by atoms with Crippen LogP contribution < -0.4 is 10.1 Å². The van der Waals surface area contributed by atoms with E-state index in [1.54, 1.807) is 29.4 Å². The smallest absolute Gasteiger partial charge is 0.265 e. The topological polar surface area (TPSA) is 75.7 Å². The molecule has 0 aliphatic carbocycles. The first-order valence-electron chi connectivity index (χ1n) is 10.1. The van der Waals surface area contributed by atoms with Crippen molar-refractivity contribution in [3.63, 3.8) is 0 Å². The number of sulfonamides is 1. The molecule has 29 heavy (non-hydrogen) atoms. The molecule has 6 nitrogen and oxygen atoms in total. The van der Waals surface area contributed by atoms with Crippen LogP contribution in [0.2, 0.25) is 0 Å². The van der Waals surface area contributed by atoms with Gasteiger partial charge in [-0.25, -0.2) is 8.42 Å². The minimum absolute atomic E-state index is 0.257. The standard InChI is InChI=1S/C22H26N2O4S/c1-16-10-11-18(15-21(16)29(26,27)24-12-6-2-3-7-13-24)23-22(25)20-14-17-8-4-5-9-19(17)28-20/h4-5,8-11,15,20H,2-3,6-7,12-14H2,1H3,(H,23,25)/t20-/m1/s1. The number of fused-ring (bicyclic) bond motifs is 1. The number of benzene rings is 2. The van der Waals surface area contributed by atoms with Crippen molar-refractivity contribution >= 4 is 21.6 Å². The number of nitrogens with one attached hydrogen (secondary N) is 1. The van der Waals surface area contributed by atoms with Gasteiger partial charge in [0.25, 0.3) is 5.91 Å². The average molecular weight is 415 g/mol. The summed E-state index contributed by atoms with van der Waals surface area (Å²) >= 11 is 0. The van der Waals surface area contributed by atoms with E-state index in [1.165, 1.54) is 0 Å². The molecule has 154 valence electrons. The van der Waals surface area contributed by atoms with Crippen LogP contribution in [0.3, 0.4) is 0 Å². The largest absolute Gasteiger partial charge is 0.480 e. The average Bonchev–Trinajstić information content (AvgIpc) is 2.95. The molecule has 0 spiro atoms. The van der Waals surface area contributed by atoms with Gasteiger partial charge in [0.1, 0.15) is 5.75 Å². The fourth-order valence-electron chi connectivity index (χ4n) is 3.93. The molecule has 2 aliphatic heterocycles. The Morgan fingerprint density at radius 2 is 1.79 bits per heavy atom. The maximum Gasteiger partial charge on any atom is 0.265 e. The van der Waals surface area contributed by atoms with Gasteiger partial charge in [-0.3, -0.25) is 4.79 Å².